The summed E-state index contributed by atoms with van der Waals surface area (Å²) in [6.07, 6.45) is 0. The van der Waals surface area contributed by atoms with Gasteiger partial charge >= 0.3 is 0 Å². The van der Waals surface area contributed by atoms with Crippen LogP contribution in [0.1, 0.15) is 32.7 Å². The molecular formula is C20H22N2O. The summed E-state index contributed by atoms with van der Waals surface area (Å²) in [5.74, 6) is -0.0339. The summed E-state index contributed by atoms with van der Waals surface area (Å²) < 4.78 is 2.17. The van der Waals surface area contributed by atoms with Crippen LogP contribution in [0.3, 0.4) is 0 Å². The van der Waals surface area contributed by atoms with E-state index in [-0.39, 0.29) is 5.91 Å². The highest BCUT2D eigenvalue weighted by molar-refractivity contribution is 5.99. The number of hydrogen-bond donors (Lipinski definition) is 1. The van der Waals surface area contributed by atoms with Gasteiger partial charge in [0, 0.05) is 35.8 Å². The Morgan fingerprint density at radius 2 is 1.74 bits per heavy atom. The van der Waals surface area contributed by atoms with E-state index in [9.17, 15) is 4.79 Å². The topological polar surface area (TPSA) is 34.0 Å². The predicted octanol–water partition coefficient (Wildman–Crippen LogP) is 4.03. The number of carbonyl (C=O) groups excluding carboxylic acids is 1. The van der Waals surface area contributed by atoms with Gasteiger partial charge in [0.2, 0.25) is 0 Å². The second-order valence-corrected chi connectivity index (χ2v) is 6.17. The van der Waals surface area contributed by atoms with Crippen molar-refractivity contribution < 1.29 is 4.79 Å². The number of amides is 1. The fraction of sp³-hybridized carbons (Fsp3) is 0.250. The molecule has 3 nitrogen and oxygen atoms in total. The molecule has 0 bridgehead atoms. The van der Waals surface area contributed by atoms with E-state index in [0.717, 1.165) is 16.5 Å². The summed E-state index contributed by atoms with van der Waals surface area (Å²) in [7, 11) is 2.06. The van der Waals surface area contributed by atoms with E-state index in [1.807, 2.05) is 30.3 Å². The average Bonchev–Trinajstić information content (AvgIpc) is 2.78. The largest absolute Gasteiger partial charge is 0.348 e. The predicted molar refractivity (Wildman–Crippen MR) is 94.7 cm³/mol. The van der Waals surface area contributed by atoms with Crippen LogP contribution >= 0.6 is 0 Å². The van der Waals surface area contributed by atoms with Gasteiger partial charge in [-0.1, -0.05) is 29.8 Å². The van der Waals surface area contributed by atoms with Crippen LogP contribution < -0.4 is 5.32 Å². The lowest BCUT2D eigenvalue weighted by Crippen LogP contribution is -2.22. The Hall–Kier alpha value is -2.55. The molecule has 0 spiro atoms. The van der Waals surface area contributed by atoms with Gasteiger partial charge in [-0.15, -0.1) is 0 Å². The highest BCUT2D eigenvalue weighted by Crippen LogP contribution is 2.25. The van der Waals surface area contributed by atoms with E-state index in [2.05, 4.69) is 49.8 Å². The van der Waals surface area contributed by atoms with Gasteiger partial charge in [-0.05, 0) is 50.1 Å². The first kappa shape index (κ1) is 15.3. The number of hydrogen-bond acceptors (Lipinski definition) is 1. The van der Waals surface area contributed by atoms with Crippen LogP contribution in [0.5, 0.6) is 0 Å². The zero-order chi connectivity index (χ0) is 16.6. The smallest absolute Gasteiger partial charge is 0.251 e. The van der Waals surface area contributed by atoms with E-state index < -0.39 is 0 Å². The lowest BCUT2D eigenvalue weighted by molar-refractivity contribution is 0.0951. The second kappa shape index (κ2) is 5.92. The molecule has 0 aliphatic heterocycles. The normalized spacial score (nSPS) is 11.0. The number of fused-ring (bicyclic) bond motifs is 1. The van der Waals surface area contributed by atoms with E-state index in [4.69, 9.17) is 0 Å². The molecule has 0 aliphatic carbocycles. The van der Waals surface area contributed by atoms with Crippen LogP contribution in [0.2, 0.25) is 0 Å². The molecule has 0 fully saturated rings. The first-order chi connectivity index (χ1) is 11.0. The van der Waals surface area contributed by atoms with Crippen LogP contribution in [-0.4, -0.2) is 10.5 Å². The summed E-state index contributed by atoms with van der Waals surface area (Å²) >= 11 is 0. The minimum Gasteiger partial charge on any atom is -0.348 e. The molecule has 23 heavy (non-hydrogen) atoms. The number of rotatable bonds is 3. The number of aromatic nitrogens is 1. The molecule has 3 heteroatoms. The zero-order valence-corrected chi connectivity index (χ0v) is 14.1. The van der Waals surface area contributed by atoms with Crippen molar-refractivity contribution in [3.8, 4) is 0 Å². The number of nitrogens with one attached hydrogen (secondary N) is 1. The molecule has 3 aromatic rings. The highest BCUT2D eigenvalue weighted by Gasteiger charge is 2.12. The summed E-state index contributed by atoms with van der Waals surface area (Å²) in [5.41, 5.74) is 6.67. The summed E-state index contributed by atoms with van der Waals surface area (Å²) in [4.78, 5) is 12.4. The van der Waals surface area contributed by atoms with Crippen molar-refractivity contribution in [2.45, 2.75) is 27.3 Å². The number of carbonyl (C=O) groups is 1. The molecule has 1 aromatic heterocycles. The standard InChI is InChI=1S/C20H22N2O/c1-13-5-7-16(8-6-13)12-21-20(23)17-9-10-19-18(11-17)14(2)15(3)22(19)4/h5-11H,12H2,1-4H3,(H,21,23). The van der Waals surface area contributed by atoms with Crippen LogP contribution in [-0.2, 0) is 13.6 Å². The maximum Gasteiger partial charge on any atom is 0.251 e. The van der Waals surface area contributed by atoms with Gasteiger partial charge in [-0.2, -0.15) is 0 Å². The zero-order valence-electron chi connectivity index (χ0n) is 14.1. The van der Waals surface area contributed by atoms with Crippen molar-refractivity contribution in [3.63, 3.8) is 0 Å². The molecule has 0 atom stereocenters. The maximum atomic E-state index is 12.4. The van der Waals surface area contributed by atoms with Crippen molar-refractivity contribution in [2.24, 2.45) is 7.05 Å². The maximum absolute atomic E-state index is 12.4. The molecule has 0 aliphatic rings. The summed E-state index contributed by atoms with van der Waals surface area (Å²) in [5, 5.41) is 4.14. The van der Waals surface area contributed by atoms with Gasteiger partial charge in [-0.25, -0.2) is 0 Å². The quantitative estimate of drug-likeness (QED) is 0.778. The summed E-state index contributed by atoms with van der Waals surface area (Å²) in [6, 6.07) is 14.1. The number of nitrogens with zero attached hydrogens (tertiary/aromatic N) is 1. The average molecular weight is 306 g/mol. The Balaban J connectivity index is 1.81. The van der Waals surface area contributed by atoms with Gasteiger partial charge in [0.1, 0.15) is 0 Å². The van der Waals surface area contributed by atoms with Gasteiger partial charge in [0.05, 0.1) is 0 Å². The third-order valence-corrected chi connectivity index (χ3v) is 4.64. The Bertz CT molecular complexity index is 873. The molecule has 2 aromatic carbocycles. The van der Waals surface area contributed by atoms with E-state index in [1.54, 1.807) is 0 Å². The molecule has 0 radical (unpaired) electrons. The lowest BCUT2D eigenvalue weighted by atomic mass is 10.1. The molecule has 1 heterocycles. The number of benzene rings is 2. The van der Waals surface area contributed by atoms with E-state index in [1.165, 1.54) is 16.8 Å². The lowest BCUT2D eigenvalue weighted by Gasteiger charge is -2.07. The first-order valence-electron chi connectivity index (χ1n) is 7.87. The molecule has 118 valence electrons. The van der Waals surface area contributed by atoms with Gasteiger partial charge in [-0.3, -0.25) is 4.79 Å². The van der Waals surface area contributed by atoms with E-state index >= 15 is 0 Å². The third kappa shape index (κ3) is 2.87. The van der Waals surface area contributed by atoms with Crippen LogP contribution in [0.25, 0.3) is 10.9 Å². The molecule has 0 saturated carbocycles. The minimum atomic E-state index is -0.0339. The van der Waals surface area contributed by atoms with Gasteiger partial charge in [0.15, 0.2) is 0 Å². The minimum absolute atomic E-state index is 0.0339. The Morgan fingerprint density at radius 1 is 1.04 bits per heavy atom. The van der Waals surface area contributed by atoms with Gasteiger partial charge in [0.25, 0.3) is 5.91 Å². The van der Waals surface area contributed by atoms with E-state index in [0.29, 0.717) is 12.1 Å². The van der Waals surface area contributed by atoms with Gasteiger partial charge < -0.3 is 9.88 Å². The second-order valence-electron chi connectivity index (χ2n) is 6.17. The summed E-state index contributed by atoms with van der Waals surface area (Å²) in [6.45, 7) is 6.81. The third-order valence-electron chi connectivity index (χ3n) is 4.64. The van der Waals surface area contributed by atoms with Crippen molar-refractivity contribution in [1.82, 2.24) is 9.88 Å². The van der Waals surface area contributed by atoms with Crippen LogP contribution in [0.15, 0.2) is 42.5 Å². The molecule has 1 amide bonds. The Labute approximate surface area is 136 Å². The first-order valence-corrected chi connectivity index (χ1v) is 7.87. The fourth-order valence-corrected chi connectivity index (χ4v) is 2.89. The van der Waals surface area contributed by atoms with Crippen molar-refractivity contribution in [2.75, 3.05) is 0 Å². The Kier molecular flexibility index (Phi) is 3.95. The SMILES string of the molecule is Cc1ccc(CNC(=O)c2ccc3c(c2)c(C)c(C)n3C)cc1. The molecule has 0 unspecified atom stereocenters. The van der Waals surface area contributed by atoms with Crippen molar-refractivity contribution in [1.29, 1.82) is 0 Å². The van der Waals surface area contributed by atoms with Crippen molar-refractivity contribution >= 4 is 16.8 Å². The van der Waals surface area contributed by atoms with Crippen LogP contribution in [0.4, 0.5) is 0 Å². The Morgan fingerprint density at radius 3 is 2.43 bits per heavy atom. The fourth-order valence-electron chi connectivity index (χ4n) is 2.89. The molecule has 1 N–H and O–H groups in total. The van der Waals surface area contributed by atoms with Crippen molar-refractivity contribution in [3.05, 3.63) is 70.4 Å². The monoisotopic (exact) mass is 306 g/mol. The molecular weight excluding hydrogens is 284 g/mol. The number of aryl methyl sites for hydroxylation is 3. The van der Waals surface area contributed by atoms with Crippen LogP contribution in [0, 0.1) is 20.8 Å². The highest BCUT2D eigenvalue weighted by atomic mass is 16.1. The molecule has 3 rings (SSSR count). The molecule has 0 saturated heterocycles.